The lowest BCUT2D eigenvalue weighted by molar-refractivity contribution is 0.202. The highest BCUT2D eigenvalue weighted by molar-refractivity contribution is 8.22. The van der Waals surface area contributed by atoms with Crippen molar-refractivity contribution in [2.75, 3.05) is 32.7 Å². The molecule has 0 amide bonds. The zero-order valence-corrected chi connectivity index (χ0v) is 15.3. The standard InChI is InChI=1S/C20H22N2S2/c23-20(24-19-11-5-2-6-12-19)22-16-14-21(15-17-22)13-7-10-18-8-3-1-4-9-18/h1-12H,13-17H2. The monoisotopic (exact) mass is 354 g/mol. The first kappa shape index (κ1) is 17.2. The Morgan fingerprint density at radius 1 is 0.917 bits per heavy atom. The van der Waals surface area contributed by atoms with Gasteiger partial charge < -0.3 is 4.90 Å². The predicted octanol–water partition coefficient (Wildman–Crippen LogP) is 4.39. The maximum atomic E-state index is 5.60. The van der Waals surface area contributed by atoms with Crippen LogP contribution in [0.5, 0.6) is 0 Å². The number of hydrogen-bond donors (Lipinski definition) is 0. The fourth-order valence-corrected chi connectivity index (χ4v) is 3.95. The van der Waals surface area contributed by atoms with Crippen molar-refractivity contribution in [3.05, 3.63) is 72.3 Å². The van der Waals surface area contributed by atoms with Crippen LogP contribution in [0.25, 0.3) is 6.08 Å². The Morgan fingerprint density at radius 3 is 2.21 bits per heavy atom. The summed E-state index contributed by atoms with van der Waals surface area (Å²) >= 11 is 7.29. The lowest BCUT2D eigenvalue weighted by atomic mass is 10.2. The average Bonchev–Trinajstić information content (AvgIpc) is 2.64. The van der Waals surface area contributed by atoms with Gasteiger partial charge in [0.05, 0.1) is 0 Å². The summed E-state index contributed by atoms with van der Waals surface area (Å²) in [5, 5.41) is 0. The van der Waals surface area contributed by atoms with Crippen LogP contribution in [0.3, 0.4) is 0 Å². The van der Waals surface area contributed by atoms with E-state index >= 15 is 0 Å². The first-order valence-corrected chi connectivity index (χ1v) is 9.49. The van der Waals surface area contributed by atoms with Gasteiger partial charge in [0.15, 0.2) is 0 Å². The zero-order valence-electron chi connectivity index (χ0n) is 13.7. The average molecular weight is 355 g/mol. The quantitative estimate of drug-likeness (QED) is 0.593. The van der Waals surface area contributed by atoms with E-state index < -0.39 is 0 Å². The van der Waals surface area contributed by atoms with Gasteiger partial charge in [-0.1, -0.05) is 84.7 Å². The zero-order chi connectivity index (χ0) is 16.6. The van der Waals surface area contributed by atoms with Crippen molar-refractivity contribution >= 4 is 34.4 Å². The van der Waals surface area contributed by atoms with E-state index in [1.54, 1.807) is 11.8 Å². The SMILES string of the molecule is S=C(Sc1ccccc1)N1CCN(CC=Cc2ccccc2)CC1. The second-order valence-corrected chi connectivity index (χ2v) is 7.49. The topological polar surface area (TPSA) is 6.48 Å². The number of piperazine rings is 1. The van der Waals surface area contributed by atoms with E-state index in [4.69, 9.17) is 12.2 Å². The summed E-state index contributed by atoms with van der Waals surface area (Å²) < 4.78 is 0.987. The maximum Gasteiger partial charge on any atom is 0.141 e. The van der Waals surface area contributed by atoms with Crippen molar-refractivity contribution in [1.29, 1.82) is 0 Å². The molecule has 1 aliphatic heterocycles. The summed E-state index contributed by atoms with van der Waals surface area (Å²) in [6, 6.07) is 20.8. The highest BCUT2D eigenvalue weighted by Gasteiger charge is 2.18. The van der Waals surface area contributed by atoms with E-state index in [1.807, 2.05) is 12.1 Å². The van der Waals surface area contributed by atoms with Gasteiger partial charge in [-0.25, -0.2) is 0 Å². The van der Waals surface area contributed by atoms with Gasteiger partial charge in [-0.2, -0.15) is 0 Å². The third-order valence-electron chi connectivity index (χ3n) is 4.05. The second kappa shape index (κ2) is 9.02. The molecule has 0 spiro atoms. The number of thiocarbonyl (C=S) groups is 1. The minimum atomic E-state index is 0.987. The summed E-state index contributed by atoms with van der Waals surface area (Å²) in [6.07, 6.45) is 4.45. The molecule has 2 nitrogen and oxygen atoms in total. The van der Waals surface area contributed by atoms with E-state index in [-0.39, 0.29) is 0 Å². The molecule has 124 valence electrons. The van der Waals surface area contributed by atoms with Crippen LogP contribution in [-0.4, -0.2) is 46.8 Å². The number of thioether (sulfide) groups is 1. The molecule has 0 radical (unpaired) electrons. The van der Waals surface area contributed by atoms with Crippen molar-refractivity contribution in [1.82, 2.24) is 9.80 Å². The van der Waals surface area contributed by atoms with Crippen molar-refractivity contribution in [2.45, 2.75) is 4.90 Å². The third-order valence-corrected chi connectivity index (χ3v) is 5.50. The van der Waals surface area contributed by atoms with Crippen LogP contribution in [-0.2, 0) is 0 Å². The van der Waals surface area contributed by atoms with Gasteiger partial charge in [-0.05, 0) is 17.7 Å². The van der Waals surface area contributed by atoms with Gasteiger partial charge in [0.2, 0.25) is 0 Å². The maximum absolute atomic E-state index is 5.60. The first-order valence-electron chi connectivity index (χ1n) is 8.27. The smallest absolute Gasteiger partial charge is 0.141 e. The van der Waals surface area contributed by atoms with Gasteiger partial charge in [0, 0.05) is 37.6 Å². The molecule has 2 aromatic carbocycles. The normalized spacial score (nSPS) is 15.8. The van der Waals surface area contributed by atoms with Crippen LogP contribution >= 0.6 is 24.0 Å². The number of benzene rings is 2. The molecule has 0 bridgehead atoms. The largest absolute Gasteiger partial charge is 0.355 e. The van der Waals surface area contributed by atoms with Crippen LogP contribution in [0.1, 0.15) is 5.56 Å². The third kappa shape index (κ3) is 5.20. The van der Waals surface area contributed by atoms with Crippen molar-refractivity contribution in [3.63, 3.8) is 0 Å². The Kier molecular flexibility index (Phi) is 6.47. The van der Waals surface area contributed by atoms with E-state index in [0.717, 1.165) is 37.0 Å². The van der Waals surface area contributed by atoms with Gasteiger partial charge in [-0.15, -0.1) is 0 Å². The summed E-state index contributed by atoms with van der Waals surface area (Å²) in [5.41, 5.74) is 1.26. The molecular formula is C20H22N2S2. The van der Waals surface area contributed by atoms with Crippen molar-refractivity contribution in [2.24, 2.45) is 0 Å². The Bertz CT molecular complexity index is 663. The Balaban J connectivity index is 1.42. The number of nitrogens with zero attached hydrogens (tertiary/aromatic N) is 2. The molecule has 2 aromatic rings. The van der Waals surface area contributed by atoms with E-state index in [1.165, 1.54) is 10.5 Å². The van der Waals surface area contributed by atoms with E-state index in [9.17, 15) is 0 Å². The molecule has 4 heteroatoms. The van der Waals surface area contributed by atoms with E-state index in [2.05, 4.69) is 70.5 Å². The molecule has 0 N–H and O–H groups in total. The Hall–Kier alpha value is -1.62. The van der Waals surface area contributed by atoms with Crippen LogP contribution < -0.4 is 0 Å². The molecule has 0 aromatic heterocycles. The molecule has 1 fully saturated rings. The second-order valence-electron chi connectivity index (χ2n) is 5.78. The van der Waals surface area contributed by atoms with Crippen LogP contribution in [0.4, 0.5) is 0 Å². The Labute approximate surface area is 154 Å². The minimum absolute atomic E-state index is 0.987. The fraction of sp³-hybridized carbons (Fsp3) is 0.250. The highest BCUT2D eigenvalue weighted by Crippen LogP contribution is 2.22. The minimum Gasteiger partial charge on any atom is -0.355 e. The highest BCUT2D eigenvalue weighted by atomic mass is 32.2. The van der Waals surface area contributed by atoms with Crippen LogP contribution in [0, 0.1) is 0 Å². The summed E-state index contributed by atoms with van der Waals surface area (Å²) in [7, 11) is 0. The van der Waals surface area contributed by atoms with Crippen molar-refractivity contribution in [3.8, 4) is 0 Å². The van der Waals surface area contributed by atoms with E-state index in [0.29, 0.717) is 0 Å². The number of rotatable bonds is 4. The molecular weight excluding hydrogens is 332 g/mol. The van der Waals surface area contributed by atoms with Gasteiger partial charge in [0.25, 0.3) is 0 Å². The fourth-order valence-electron chi connectivity index (χ4n) is 2.67. The first-order chi connectivity index (χ1) is 11.8. The lowest BCUT2D eigenvalue weighted by Crippen LogP contribution is -2.47. The summed E-state index contributed by atoms with van der Waals surface area (Å²) in [5.74, 6) is 0. The molecule has 0 atom stereocenters. The van der Waals surface area contributed by atoms with Crippen molar-refractivity contribution < 1.29 is 0 Å². The molecule has 0 saturated carbocycles. The van der Waals surface area contributed by atoms with Gasteiger partial charge in [-0.3, -0.25) is 4.90 Å². The summed E-state index contributed by atoms with van der Waals surface area (Å²) in [4.78, 5) is 6.02. The lowest BCUT2D eigenvalue weighted by Gasteiger charge is -2.35. The molecule has 0 unspecified atom stereocenters. The van der Waals surface area contributed by atoms with Gasteiger partial charge >= 0.3 is 0 Å². The van der Waals surface area contributed by atoms with Crippen LogP contribution in [0.15, 0.2) is 71.6 Å². The van der Waals surface area contributed by atoms with Crippen LogP contribution in [0.2, 0.25) is 0 Å². The molecule has 1 heterocycles. The molecule has 3 rings (SSSR count). The predicted molar refractivity (Wildman–Crippen MR) is 108 cm³/mol. The molecule has 0 aliphatic carbocycles. The molecule has 24 heavy (non-hydrogen) atoms. The molecule has 1 aliphatic rings. The molecule has 1 saturated heterocycles. The summed E-state index contributed by atoms with van der Waals surface area (Å²) in [6.45, 7) is 5.15. The van der Waals surface area contributed by atoms with Gasteiger partial charge in [0.1, 0.15) is 4.32 Å². The number of hydrogen-bond acceptors (Lipinski definition) is 3. The Morgan fingerprint density at radius 2 is 1.54 bits per heavy atom.